The van der Waals surface area contributed by atoms with Gasteiger partial charge in [-0.15, -0.1) is 0 Å². The van der Waals surface area contributed by atoms with Crippen LogP contribution in [0.5, 0.6) is 5.75 Å². The van der Waals surface area contributed by atoms with Crippen LogP contribution in [0.25, 0.3) is 0 Å². The molecule has 0 radical (unpaired) electrons. The summed E-state index contributed by atoms with van der Waals surface area (Å²) in [5.41, 5.74) is 1.49. The van der Waals surface area contributed by atoms with E-state index >= 15 is 0 Å². The lowest BCUT2D eigenvalue weighted by Gasteiger charge is -2.53. The zero-order valence-electron chi connectivity index (χ0n) is 12.0. The lowest BCUT2D eigenvalue weighted by atomic mass is 9.61. The van der Waals surface area contributed by atoms with Crippen molar-refractivity contribution in [3.63, 3.8) is 0 Å². The van der Waals surface area contributed by atoms with Crippen molar-refractivity contribution in [1.29, 1.82) is 0 Å². The Hall–Kier alpha value is -1.02. The smallest absolute Gasteiger partial charge is 0.122 e. The van der Waals surface area contributed by atoms with Crippen LogP contribution < -0.4 is 10.1 Å². The van der Waals surface area contributed by atoms with Crippen molar-refractivity contribution in [2.75, 3.05) is 6.54 Å². The van der Waals surface area contributed by atoms with Gasteiger partial charge in [-0.3, -0.25) is 0 Å². The molecular formula is C16H25NO. The topological polar surface area (TPSA) is 21.3 Å². The van der Waals surface area contributed by atoms with Gasteiger partial charge in [-0.25, -0.2) is 0 Å². The van der Waals surface area contributed by atoms with Gasteiger partial charge in [0.15, 0.2) is 0 Å². The van der Waals surface area contributed by atoms with E-state index in [2.05, 4.69) is 51.2 Å². The maximum absolute atomic E-state index is 6.22. The molecule has 2 rings (SSSR count). The third-order valence-electron chi connectivity index (χ3n) is 4.56. The maximum Gasteiger partial charge on any atom is 0.122 e. The molecule has 1 aliphatic carbocycles. The highest BCUT2D eigenvalue weighted by Gasteiger charge is 2.51. The lowest BCUT2D eigenvalue weighted by Crippen LogP contribution is -2.63. The maximum atomic E-state index is 6.22. The molecule has 0 heterocycles. The predicted octanol–water partition coefficient (Wildman–Crippen LogP) is 3.54. The number of benzene rings is 1. The molecule has 1 aliphatic rings. The number of hydrogen-bond donors (Lipinski definition) is 1. The molecule has 0 bridgehead atoms. The summed E-state index contributed by atoms with van der Waals surface area (Å²) >= 11 is 0. The average molecular weight is 247 g/mol. The Morgan fingerprint density at radius 2 is 2.06 bits per heavy atom. The first-order valence-corrected chi connectivity index (χ1v) is 7.07. The van der Waals surface area contributed by atoms with Crippen molar-refractivity contribution in [2.24, 2.45) is 5.41 Å². The van der Waals surface area contributed by atoms with Gasteiger partial charge in [-0.05, 0) is 31.5 Å². The van der Waals surface area contributed by atoms with Crippen LogP contribution in [0.15, 0.2) is 24.3 Å². The van der Waals surface area contributed by atoms with Gasteiger partial charge in [0, 0.05) is 17.9 Å². The molecule has 100 valence electrons. The fourth-order valence-electron chi connectivity index (χ4n) is 2.88. The van der Waals surface area contributed by atoms with E-state index in [0.29, 0.717) is 12.1 Å². The summed E-state index contributed by atoms with van der Waals surface area (Å²) in [5, 5.41) is 3.57. The molecule has 1 N–H and O–H groups in total. The predicted molar refractivity (Wildman–Crippen MR) is 76.1 cm³/mol. The number of aryl methyl sites for hydroxylation is 1. The van der Waals surface area contributed by atoms with Gasteiger partial charge < -0.3 is 10.1 Å². The van der Waals surface area contributed by atoms with E-state index in [1.807, 2.05) is 6.07 Å². The highest BCUT2D eigenvalue weighted by atomic mass is 16.5. The van der Waals surface area contributed by atoms with Crippen LogP contribution in [0.3, 0.4) is 0 Å². The first kappa shape index (κ1) is 13.4. The molecule has 3 atom stereocenters. The minimum Gasteiger partial charge on any atom is -0.489 e. The molecule has 0 aliphatic heterocycles. The van der Waals surface area contributed by atoms with Gasteiger partial charge in [0.25, 0.3) is 0 Å². The molecule has 3 unspecified atom stereocenters. The molecule has 2 heteroatoms. The van der Waals surface area contributed by atoms with E-state index < -0.39 is 0 Å². The summed E-state index contributed by atoms with van der Waals surface area (Å²) in [6.07, 6.45) is 2.61. The summed E-state index contributed by atoms with van der Waals surface area (Å²) in [4.78, 5) is 0. The number of hydrogen-bond acceptors (Lipinski definition) is 2. The van der Waals surface area contributed by atoms with E-state index in [0.717, 1.165) is 25.1 Å². The summed E-state index contributed by atoms with van der Waals surface area (Å²) in [6.45, 7) is 9.92. The molecular weight excluding hydrogens is 222 g/mol. The molecule has 1 aromatic rings. The second-order valence-corrected chi connectivity index (χ2v) is 5.58. The fourth-order valence-corrected chi connectivity index (χ4v) is 2.88. The van der Waals surface area contributed by atoms with E-state index in [1.54, 1.807) is 0 Å². The summed E-state index contributed by atoms with van der Waals surface area (Å²) < 4.78 is 6.22. The molecule has 1 fully saturated rings. The standard InChI is InChI=1S/C16H25NO/c1-5-16(4)14(17-6-2)11-15(16)18-13-10-8-7-9-12(13)3/h7-10,14-15,17H,5-6,11H2,1-4H3. The zero-order valence-corrected chi connectivity index (χ0v) is 12.0. The van der Waals surface area contributed by atoms with Crippen LogP contribution in [0.4, 0.5) is 0 Å². The third-order valence-corrected chi connectivity index (χ3v) is 4.56. The van der Waals surface area contributed by atoms with Gasteiger partial charge in [0.05, 0.1) is 0 Å². The Bertz CT molecular complexity index is 404. The summed E-state index contributed by atoms with van der Waals surface area (Å²) in [7, 11) is 0. The largest absolute Gasteiger partial charge is 0.489 e. The second kappa shape index (κ2) is 5.31. The second-order valence-electron chi connectivity index (χ2n) is 5.58. The SMILES string of the molecule is CCNC1CC(Oc2ccccc2C)C1(C)CC. The molecule has 2 nitrogen and oxygen atoms in total. The first-order chi connectivity index (χ1) is 8.61. The van der Waals surface area contributed by atoms with Crippen LogP contribution in [-0.2, 0) is 0 Å². The molecule has 0 amide bonds. The van der Waals surface area contributed by atoms with E-state index in [-0.39, 0.29) is 5.41 Å². The van der Waals surface area contributed by atoms with E-state index in [4.69, 9.17) is 4.74 Å². The van der Waals surface area contributed by atoms with Gasteiger partial charge in [-0.2, -0.15) is 0 Å². The monoisotopic (exact) mass is 247 g/mol. The van der Waals surface area contributed by atoms with Crippen molar-refractivity contribution < 1.29 is 4.74 Å². The number of ether oxygens (including phenoxy) is 1. The molecule has 1 aromatic carbocycles. The van der Waals surface area contributed by atoms with Crippen LogP contribution >= 0.6 is 0 Å². The normalized spacial score (nSPS) is 30.9. The average Bonchev–Trinajstić information content (AvgIpc) is 2.38. The highest BCUT2D eigenvalue weighted by molar-refractivity contribution is 5.32. The van der Waals surface area contributed by atoms with Gasteiger partial charge in [-0.1, -0.05) is 39.0 Å². The Morgan fingerprint density at radius 3 is 2.67 bits per heavy atom. The number of nitrogens with one attached hydrogen (secondary N) is 1. The van der Waals surface area contributed by atoms with Crippen molar-refractivity contribution in [3.8, 4) is 5.75 Å². The van der Waals surface area contributed by atoms with Crippen molar-refractivity contribution in [1.82, 2.24) is 5.32 Å². The minimum atomic E-state index is 0.262. The molecule has 0 saturated heterocycles. The van der Waals surface area contributed by atoms with E-state index in [1.165, 1.54) is 5.56 Å². The Balaban J connectivity index is 2.06. The summed E-state index contributed by atoms with van der Waals surface area (Å²) in [6, 6.07) is 8.89. The van der Waals surface area contributed by atoms with E-state index in [9.17, 15) is 0 Å². The van der Waals surface area contributed by atoms with Gasteiger partial charge in [0.1, 0.15) is 11.9 Å². The van der Waals surface area contributed by atoms with Crippen molar-refractivity contribution in [2.45, 2.75) is 52.7 Å². The third kappa shape index (κ3) is 2.26. The molecule has 18 heavy (non-hydrogen) atoms. The Morgan fingerprint density at radius 1 is 1.33 bits per heavy atom. The quantitative estimate of drug-likeness (QED) is 0.859. The number of para-hydroxylation sites is 1. The van der Waals surface area contributed by atoms with Crippen molar-refractivity contribution in [3.05, 3.63) is 29.8 Å². The zero-order chi connectivity index (χ0) is 13.2. The summed E-state index contributed by atoms with van der Waals surface area (Å²) in [5.74, 6) is 1.04. The van der Waals surface area contributed by atoms with Crippen LogP contribution in [-0.4, -0.2) is 18.7 Å². The highest BCUT2D eigenvalue weighted by Crippen LogP contribution is 2.46. The fraction of sp³-hybridized carbons (Fsp3) is 0.625. The lowest BCUT2D eigenvalue weighted by molar-refractivity contribution is -0.0699. The number of rotatable bonds is 5. The molecule has 0 spiro atoms. The first-order valence-electron chi connectivity index (χ1n) is 7.07. The Labute approximate surface area is 111 Å². The molecule has 1 saturated carbocycles. The van der Waals surface area contributed by atoms with Crippen LogP contribution in [0.2, 0.25) is 0 Å². The van der Waals surface area contributed by atoms with Crippen LogP contribution in [0, 0.1) is 12.3 Å². The van der Waals surface area contributed by atoms with Gasteiger partial charge in [0.2, 0.25) is 0 Å². The molecule has 0 aromatic heterocycles. The van der Waals surface area contributed by atoms with Crippen molar-refractivity contribution >= 4 is 0 Å². The Kier molecular flexibility index (Phi) is 3.96. The van der Waals surface area contributed by atoms with Gasteiger partial charge >= 0.3 is 0 Å². The minimum absolute atomic E-state index is 0.262. The van der Waals surface area contributed by atoms with Crippen LogP contribution in [0.1, 0.15) is 39.2 Å².